The van der Waals surface area contributed by atoms with Crippen molar-refractivity contribution in [3.63, 3.8) is 0 Å². The Morgan fingerprint density at radius 1 is 1.07 bits per heavy atom. The van der Waals surface area contributed by atoms with Crippen molar-refractivity contribution >= 4 is 39.8 Å². The van der Waals surface area contributed by atoms with Crippen LogP contribution >= 0.6 is 11.6 Å². The molecular formula is C22H18ClN3O2. The van der Waals surface area contributed by atoms with Crippen LogP contribution in [0, 0.1) is 0 Å². The molecule has 0 aliphatic rings. The fourth-order valence-electron chi connectivity index (χ4n) is 3.05. The number of aromatic nitrogens is 2. The average molecular weight is 392 g/mol. The molecule has 0 saturated heterocycles. The first-order chi connectivity index (χ1) is 13.6. The van der Waals surface area contributed by atoms with Crippen LogP contribution in [0.4, 0.5) is 11.5 Å². The Labute approximate surface area is 167 Å². The van der Waals surface area contributed by atoms with Crippen molar-refractivity contribution in [3.8, 4) is 5.75 Å². The number of nitrogens with one attached hydrogen (secondary N) is 1. The largest absolute Gasteiger partial charge is 0.497 e. The smallest absolute Gasteiger partial charge is 0.184 e. The van der Waals surface area contributed by atoms with E-state index in [-0.39, 0.29) is 12.3 Å². The van der Waals surface area contributed by atoms with E-state index >= 15 is 0 Å². The molecule has 28 heavy (non-hydrogen) atoms. The molecule has 0 radical (unpaired) electrons. The number of fused-ring (bicyclic) bond motifs is 1. The number of ketones is 1. The minimum absolute atomic E-state index is 0.00452. The normalized spacial score (nSPS) is 10.8. The second-order valence-electron chi connectivity index (χ2n) is 6.31. The lowest BCUT2D eigenvalue weighted by molar-refractivity contribution is 0.0969. The van der Waals surface area contributed by atoms with Gasteiger partial charge in [-0.05, 0) is 36.4 Å². The molecular weight excluding hydrogens is 374 g/mol. The Kier molecular flexibility index (Phi) is 5.00. The van der Waals surface area contributed by atoms with Gasteiger partial charge in [-0.25, -0.2) is 0 Å². The highest BCUT2D eigenvalue weighted by Gasteiger charge is 2.15. The van der Waals surface area contributed by atoms with E-state index in [4.69, 9.17) is 16.3 Å². The van der Waals surface area contributed by atoms with Gasteiger partial charge in [-0.2, -0.15) is 5.10 Å². The summed E-state index contributed by atoms with van der Waals surface area (Å²) in [5.41, 5.74) is 2.31. The lowest BCUT2D eigenvalue weighted by Crippen LogP contribution is -2.11. The molecule has 0 atom stereocenters. The molecule has 0 spiro atoms. The first kappa shape index (κ1) is 18.1. The Balaban J connectivity index is 1.73. The number of nitrogens with zero attached hydrogens (tertiary/aromatic N) is 2. The minimum Gasteiger partial charge on any atom is -0.497 e. The van der Waals surface area contributed by atoms with Gasteiger partial charge in [0.1, 0.15) is 12.3 Å². The summed E-state index contributed by atoms with van der Waals surface area (Å²) in [6, 6.07) is 22.3. The van der Waals surface area contributed by atoms with E-state index in [1.807, 2.05) is 72.8 Å². The first-order valence-corrected chi connectivity index (χ1v) is 9.17. The highest BCUT2D eigenvalue weighted by atomic mass is 35.5. The van der Waals surface area contributed by atoms with Crippen molar-refractivity contribution < 1.29 is 9.53 Å². The summed E-state index contributed by atoms with van der Waals surface area (Å²) in [5.74, 6) is 1.35. The number of rotatable bonds is 6. The van der Waals surface area contributed by atoms with Crippen molar-refractivity contribution in [2.75, 3.05) is 12.4 Å². The SMILES string of the molecule is COc1ccc2c(c1)c(Nc1cccc(Cl)c1)nn2CC(=O)c1ccccc1. The van der Waals surface area contributed by atoms with E-state index in [2.05, 4.69) is 10.4 Å². The van der Waals surface area contributed by atoms with Crippen molar-refractivity contribution in [2.45, 2.75) is 6.54 Å². The number of halogens is 1. The molecule has 0 bridgehead atoms. The van der Waals surface area contributed by atoms with E-state index < -0.39 is 0 Å². The zero-order chi connectivity index (χ0) is 19.5. The molecule has 1 heterocycles. The van der Waals surface area contributed by atoms with E-state index in [9.17, 15) is 4.79 Å². The second-order valence-corrected chi connectivity index (χ2v) is 6.75. The molecule has 0 saturated carbocycles. The Morgan fingerprint density at radius 2 is 1.89 bits per heavy atom. The number of anilines is 2. The van der Waals surface area contributed by atoms with Crippen LogP contribution in [0.2, 0.25) is 5.02 Å². The zero-order valence-electron chi connectivity index (χ0n) is 15.2. The standard InChI is InChI=1S/C22H18ClN3O2/c1-28-18-10-11-20-19(13-18)22(24-17-9-5-8-16(23)12-17)25-26(20)14-21(27)15-6-3-2-4-7-15/h2-13H,14H2,1H3,(H,24,25). The van der Waals surface area contributed by atoms with E-state index in [1.54, 1.807) is 11.8 Å². The van der Waals surface area contributed by atoms with Crippen LogP contribution in [0.1, 0.15) is 10.4 Å². The number of Topliss-reactive ketones (excluding diaryl/α,β-unsaturated/α-hetero) is 1. The maximum Gasteiger partial charge on any atom is 0.184 e. The summed E-state index contributed by atoms with van der Waals surface area (Å²) in [6.45, 7) is 0.143. The maximum absolute atomic E-state index is 12.7. The van der Waals surface area contributed by atoms with Gasteiger partial charge in [-0.3, -0.25) is 9.48 Å². The third-order valence-corrected chi connectivity index (χ3v) is 4.67. The number of hydrogen-bond donors (Lipinski definition) is 1. The van der Waals surface area contributed by atoms with Crippen LogP contribution in [0.5, 0.6) is 5.75 Å². The fraction of sp³-hybridized carbons (Fsp3) is 0.0909. The summed E-state index contributed by atoms with van der Waals surface area (Å²) in [6.07, 6.45) is 0. The van der Waals surface area contributed by atoms with Gasteiger partial charge in [0, 0.05) is 21.7 Å². The van der Waals surface area contributed by atoms with Crippen LogP contribution in [-0.4, -0.2) is 22.7 Å². The van der Waals surface area contributed by atoms with Gasteiger partial charge in [0.2, 0.25) is 0 Å². The maximum atomic E-state index is 12.7. The molecule has 3 aromatic carbocycles. The molecule has 0 fully saturated rings. The van der Waals surface area contributed by atoms with Gasteiger partial charge in [0.05, 0.1) is 12.6 Å². The van der Waals surface area contributed by atoms with Crippen molar-refractivity contribution in [1.82, 2.24) is 9.78 Å². The molecule has 1 N–H and O–H groups in total. The van der Waals surface area contributed by atoms with Crippen molar-refractivity contribution in [2.24, 2.45) is 0 Å². The third-order valence-electron chi connectivity index (χ3n) is 4.43. The molecule has 0 aliphatic carbocycles. The number of hydrogen-bond acceptors (Lipinski definition) is 4. The van der Waals surface area contributed by atoms with Gasteiger partial charge < -0.3 is 10.1 Å². The first-order valence-electron chi connectivity index (χ1n) is 8.79. The highest BCUT2D eigenvalue weighted by Crippen LogP contribution is 2.30. The lowest BCUT2D eigenvalue weighted by Gasteiger charge is -2.04. The van der Waals surface area contributed by atoms with Crippen LogP contribution in [-0.2, 0) is 6.54 Å². The molecule has 5 nitrogen and oxygen atoms in total. The summed E-state index contributed by atoms with van der Waals surface area (Å²) < 4.78 is 7.06. The topological polar surface area (TPSA) is 56.1 Å². The number of carbonyl (C=O) groups is 1. The predicted octanol–water partition coefficient (Wildman–Crippen LogP) is 5.32. The van der Waals surface area contributed by atoms with E-state index in [0.717, 1.165) is 22.3 Å². The Bertz CT molecular complexity index is 1140. The van der Waals surface area contributed by atoms with Crippen LogP contribution in [0.25, 0.3) is 10.9 Å². The van der Waals surface area contributed by atoms with Gasteiger partial charge in [-0.1, -0.05) is 48.0 Å². The zero-order valence-corrected chi connectivity index (χ0v) is 16.0. The van der Waals surface area contributed by atoms with Crippen LogP contribution in [0.3, 0.4) is 0 Å². The van der Waals surface area contributed by atoms with Gasteiger partial charge >= 0.3 is 0 Å². The van der Waals surface area contributed by atoms with Gasteiger partial charge in [-0.15, -0.1) is 0 Å². The monoisotopic (exact) mass is 391 g/mol. The second kappa shape index (κ2) is 7.74. The molecule has 0 amide bonds. The summed E-state index contributed by atoms with van der Waals surface area (Å²) in [5, 5.41) is 9.42. The molecule has 1 aromatic heterocycles. The van der Waals surface area contributed by atoms with Gasteiger partial charge in [0.25, 0.3) is 0 Å². The predicted molar refractivity (Wildman–Crippen MR) is 112 cm³/mol. The summed E-state index contributed by atoms with van der Waals surface area (Å²) >= 11 is 6.09. The summed E-state index contributed by atoms with van der Waals surface area (Å²) in [7, 11) is 1.62. The Hall–Kier alpha value is -3.31. The molecule has 140 valence electrons. The Morgan fingerprint density at radius 3 is 2.64 bits per heavy atom. The number of carbonyl (C=O) groups excluding carboxylic acids is 1. The molecule has 0 aliphatic heterocycles. The van der Waals surface area contributed by atoms with Gasteiger partial charge in [0.15, 0.2) is 11.6 Å². The summed E-state index contributed by atoms with van der Waals surface area (Å²) in [4.78, 5) is 12.7. The van der Waals surface area contributed by atoms with Crippen molar-refractivity contribution in [1.29, 1.82) is 0 Å². The number of benzene rings is 3. The average Bonchev–Trinajstić information content (AvgIpc) is 3.05. The molecule has 0 unspecified atom stereocenters. The van der Waals surface area contributed by atoms with Crippen LogP contribution in [0.15, 0.2) is 72.8 Å². The van der Waals surface area contributed by atoms with Crippen molar-refractivity contribution in [3.05, 3.63) is 83.4 Å². The fourth-order valence-corrected chi connectivity index (χ4v) is 3.24. The minimum atomic E-state index is -0.00452. The number of methoxy groups -OCH3 is 1. The highest BCUT2D eigenvalue weighted by molar-refractivity contribution is 6.30. The quantitative estimate of drug-likeness (QED) is 0.451. The van der Waals surface area contributed by atoms with E-state index in [0.29, 0.717) is 16.4 Å². The van der Waals surface area contributed by atoms with E-state index in [1.165, 1.54) is 0 Å². The number of ether oxygens (including phenoxy) is 1. The molecule has 4 rings (SSSR count). The lowest BCUT2D eigenvalue weighted by atomic mass is 10.1. The van der Waals surface area contributed by atoms with Crippen LogP contribution < -0.4 is 10.1 Å². The third kappa shape index (κ3) is 3.70. The molecule has 6 heteroatoms. The molecule has 4 aromatic rings.